The number of ether oxygens (including phenoxy) is 1. The monoisotopic (exact) mass is 347 g/mol. The molecule has 0 aliphatic rings. The molecule has 0 saturated heterocycles. The Labute approximate surface area is 147 Å². The lowest BCUT2D eigenvalue weighted by Crippen LogP contribution is -2.34. The number of carbonyl (C=O) groups excluding carboxylic acids is 1. The first-order chi connectivity index (χ1) is 11.6. The lowest BCUT2D eigenvalue weighted by molar-refractivity contribution is -0.121. The highest BCUT2D eigenvalue weighted by atomic mass is 35.5. The number of halogens is 1. The third kappa shape index (κ3) is 5.87. The zero-order valence-corrected chi connectivity index (χ0v) is 14.4. The number of rotatable bonds is 8. The molecule has 0 aliphatic heterocycles. The smallest absolute Gasteiger partial charge is 0.224 e. The van der Waals surface area contributed by atoms with Gasteiger partial charge in [0.1, 0.15) is 12.4 Å². The molecular weight excluding hydrogens is 326 g/mol. The van der Waals surface area contributed by atoms with E-state index in [4.69, 9.17) is 21.4 Å². The summed E-state index contributed by atoms with van der Waals surface area (Å²) in [4.78, 5) is 12.0. The third-order valence-electron chi connectivity index (χ3n) is 3.58. The van der Waals surface area contributed by atoms with Gasteiger partial charge in [-0.25, -0.2) is 0 Å². The van der Waals surface area contributed by atoms with Crippen LogP contribution < -0.4 is 10.1 Å². The fourth-order valence-corrected chi connectivity index (χ4v) is 2.49. The number of hydrogen-bond donors (Lipinski definition) is 2. The summed E-state index contributed by atoms with van der Waals surface area (Å²) in [7, 11) is 0. The Morgan fingerprint density at radius 3 is 2.79 bits per heavy atom. The Balaban J connectivity index is 1.91. The number of hydrogen-bond acceptors (Lipinski definition) is 3. The second-order valence-electron chi connectivity index (χ2n) is 5.69. The molecule has 0 fully saturated rings. The molecule has 0 aromatic heterocycles. The van der Waals surface area contributed by atoms with Crippen molar-refractivity contribution in [3.63, 3.8) is 0 Å². The summed E-state index contributed by atoms with van der Waals surface area (Å²) < 4.78 is 5.77. The molecule has 1 atom stereocenters. The van der Waals surface area contributed by atoms with E-state index in [1.54, 1.807) is 0 Å². The number of benzene rings is 2. The molecule has 4 nitrogen and oxygen atoms in total. The van der Waals surface area contributed by atoms with Crippen molar-refractivity contribution in [1.82, 2.24) is 5.32 Å². The van der Waals surface area contributed by atoms with Crippen molar-refractivity contribution >= 4 is 17.5 Å². The van der Waals surface area contributed by atoms with Gasteiger partial charge in [0.15, 0.2) is 0 Å². The molecule has 5 heteroatoms. The minimum Gasteiger partial charge on any atom is -0.489 e. The largest absolute Gasteiger partial charge is 0.489 e. The van der Waals surface area contributed by atoms with Crippen LogP contribution in [-0.4, -0.2) is 23.7 Å². The van der Waals surface area contributed by atoms with E-state index in [-0.39, 0.29) is 25.0 Å². The molecule has 0 radical (unpaired) electrons. The summed E-state index contributed by atoms with van der Waals surface area (Å²) >= 11 is 6.11. The molecule has 128 valence electrons. The topological polar surface area (TPSA) is 58.6 Å². The molecule has 2 N–H and O–H groups in total. The molecule has 0 saturated carbocycles. The van der Waals surface area contributed by atoms with Crippen LogP contribution in [0, 0.1) is 0 Å². The highest BCUT2D eigenvalue weighted by Crippen LogP contribution is 2.19. The van der Waals surface area contributed by atoms with Crippen LogP contribution >= 0.6 is 11.6 Å². The quantitative estimate of drug-likeness (QED) is 0.770. The summed E-state index contributed by atoms with van der Waals surface area (Å²) in [6.07, 6.45) is 0.825. The Hall–Kier alpha value is -2.04. The average Bonchev–Trinajstić information content (AvgIpc) is 2.54. The molecule has 0 aliphatic carbocycles. The number of carbonyl (C=O) groups is 1. The van der Waals surface area contributed by atoms with Crippen LogP contribution in [0.3, 0.4) is 0 Å². The molecule has 24 heavy (non-hydrogen) atoms. The summed E-state index contributed by atoms with van der Waals surface area (Å²) in [5.74, 6) is 0.628. The first-order valence-electron chi connectivity index (χ1n) is 7.94. The Morgan fingerprint density at radius 1 is 1.25 bits per heavy atom. The van der Waals surface area contributed by atoms with Crippen molar-refractivity contribution in [1.29, 1.82) is 0 Å². The highest BCUT2D eigenvalue weighted by Gasteiger charge is 2.08. The van der Waals surface area contributed by atoms with Gasteiger partial charge in [0.2, 0.25) is 5.91 Å². The average molecular weight is 348 g/mol. The summed E-state index contributed by atoms with van der Waals surface area (Å²) in [6, 6.07) is 15.0. The molecule has 1 amide bonds. The van der Waals surface area contributed by atoms with Crippen LogP contribution in [0.1, 0.15) is 24.5 Å². The molecule has 2 aromatic rings. The summed E-state index contributed by atoms with van der Waals surface area (Å²) in [5, 5.41) is 12.4. The maximum absolute atomic E-state index is 12.0. The van der Waals surface area contributed by atoms with Crippen molar-refractivity contribution in [2.24, 2.45) is 0 Å². The van der Waals surface area contributed by atoms with Gasteiger partial charge < -0.3 is 15.2 Å². The molecule has 2 aromatic carbocycles. The van der Waals surface area contributed by atoms with E-state index in [1.165, 1.54) is 0 Å². The maximum atomic E-state index is 12.0. The predicted octanol–water partition coefficient (Wildman–Crippen LogP) is 3.35. The van der Waals surface area contributed by atoms with E-state index < -0.39 is 0 Å². The minimum absolute atomic E-state index is 0.0397. The van der Waals surface area contributed by atoms with Gasteiger partial charge >= 0.3 is 0 Å². The number of amides is 1. The van der Waals surface area contributed by atoms with Gasteiger partial charge in [-0.1, -0.05) is 41.9 Å². The van der Waals surface area contributed by atoms with E-state index >= 15 is 0 Å². The third-order valence-corrected chi connectivity index (χ3v) is 3.95. The van der Waals surface area contributed by atoms with E-state index in [9.17, 15) is 4.79 Å². The Bertz CT molecular complexity index is 675. The van der Waals surface area contributed by atoms with Crippen molar-refractivity contribution in [2.45, 2.75) is 32.4 Å². The molecule has 0 unspecified atom stereocenters. The number of nitrogens with one attached hydrogen (secondary N) is 1. The summed E-state index contributed by atoms with van der Waals surface area (Å²) in [5.41, 5.74) is 1.79. The zero-order chi connectivity index (χ0) is 17.4. The van der Waals surface area contributed by atoms with Crippen molar-refractivity contribution < 1.29 is 14.6 Å². The van der Waals surface area contributed by atoms with Gasteiger partial charge in [0.05, 0.1) is 6.42 Å². The van der Waals surface area contributed by atoms with Gasteiger partial charge in [0, 0.05) is 23.2 Å². The Kier molecular flexibility index (Phi) is 7.09. The molecule has 0 heterocycles. The van der Waals surface area contributed by atoms with E-state index in [2.05, 4.69) is 5.32 Å². The molecule has 0 spiro atoms. The second kappa shape index (κ2) is 9.30. The second-order valence-corrected chi connectivity index (χ2v) is 6.09. The van der Waals surface area contributed by atoms with Crippen LogP contribution in [0.5, 0.6) is 5.75 Å². The van der Waals surface area contributed by atoms with Crippen LogP contribution in [0.2, 0.25) is 5.02 Å². The maximum Gasteiger partial charge on any atom is 0.224 e. The normalized spacial score (nSPS) is 11.8. The van der Waals surface area contributed by atoms with Crippen LogP contribution in [0.15, 0.2) is 48.5 Å². The lowest BCUT2D eigenvalue weighted by Gasteiger charge is -2.13. The van der Waals surface area contributed by atoms with Crippen LogP contribution in [0.25, 0.3) is 0 Å². The van der Waals surface area contributed by atoms with Gasteiger partial charge in [0.25, 0.3) is 0 Å². The van der Waals surface area contributed by atoms with Crippen molar-refractivity contribution in [2.75, 3.05) is 6.61 Å². The van der Waals surface area contributed by atoms with Crippen LogP contribution in [0.4, 0.5) is 0 Å². The highest BCUT2D eigenvalue weighted by molar-refractivity contribution is 6.31. The van der Waals surface area contributed by atoms with E-state index in [1.807, 2.05) is 55.5 Å². The first kappa shape index (κ1) is 18.3. The number of aliphatic hydroxyl groups is 1. The SMILES string of the molecule is C[C@H](CCO)NC(=O)Cc1cccc(OCc2ccccc2Cl)c1. The van der Waals surface area contributed by atoms with Gasteiger partial charge in [-0.05, 0) is 37.1 Å². The first-order valence-corrected chi connectivity index (χ1v) is 8.31. The van der Waals surface area contributed by atoms with E-state index in [0.29, 0.717) is 23.8 Å². The van der Waals surface area contributed by atoms with E-state index in [0.717, 1.165) is 11.1 Å². The van der Waals surface area contributed by atoms with Crippen molar-refractivity contribution in [3.05, 3.63) is 64.7 Å². The van der Waals surface area contributed by atoms with Crippen molar-refractivity contribution in [3.8, 4) is 5.75 Å². The molecule has 0 bridgehead atoms. The molecule has 2 rings (SSSR count). The minimum atomic E-state index is -0.0702. The Morgan fingerprint density at radius 2 is 2.04 bits per heavy atom. The van der Waals surface area contributed by atoms with Gasteiger partial charge in [-0.3, -0.25) is 4.79 Å². The van der Waals surface area contributed by atoms with Gasteiger partial charge in [-0.15, -0.1) is 0 Å². The fourth-order valence-electron chi connectivity index (χ4n) is 2.30. The van der Waals surface area contributed by atoms with Crippen LogP contribution in [-0.2, 0) is 17.8 Å². The van der Waals surface area contributed by atoms with Gasteiger partial charge in [-0.2, -0.15) is 0 Å². The lowest BCUT2D eigenvalue weighted by atomic mass is 10.1. The predicted molar refractivity (Wildman–Crippen MR) is 95.2 cm³/mol. The molecular formula is C19H22ClNO3. The zero-order valence-electron chi connectivity index (χ0n) is 13.7. The summed E-state index contributed by atoms with van der Waals surface area (Å²) in [6.45, 7) is 2.31. The fraction of sp³-hybridized carbons (Fsp3) is 0.316. The standard InChI is InChI=1S/C19H22ClNO3/c1-14(9-10-22)21-19(23)12-15-5-4-7-17(11-15)24-13-16-6-2-3-8-18(16)20/h2-8,11,14,22H,9-10,12-13H2,1H3,(H,21,23)/t14-/m1/s1. The number of aliphatic hydroxyl groups excluding tert-OH is 1.